The van der Waals surface area contributed by atoms with E-state index in [0.29, 0.717) is 0 Å². The average molecular weight is 227 g/mol. The third-order valence-corrected chi connectivity index (χ3v) is 2.66. The van der Waals surface area contributed by atoms with Gasteiger partial charge in [-0.1, -0.05) is 31.2 Å². The van der Waals surface area contributed by atoms with Crippen LogP contribution in [0.2, 0.25) is 0 Å². The molecular formula is C14H17N3. The molecule has 1 aromatic carbocycles. The van der Waals surface area contributed by atoms with Gasteiger partial charge in [-0.2, -0.15) is 0 Å². The average Bonchev–Trinajstić information content (AvgIpc) is 2.37. The molecule has 0 spiro atoms. The van der Waals surface area contributed by atoms with Crippen molar-refractivity contribution >= 4 is 0 Å². The molecule has 0 unspecified atom stereocenters. The maximum absolute atomic E-state index is 4.57. The van der Waals surface area contributed by atoms with E-state index in [1.165, 1.54) is 11.1 Å². The van der Waals surface area contributed by atoms with Crippen LogP contribution in [-0.2, 0) is 6.54 Å². The monoisotopic (exact) mass is 227 g/mol. The zero-order valence-corrected chi connectivity index (χ0v) is 10.3. The van der Waals surface area contributed by atoms with E-state index in [1.54, 1.807) is 0 Å². The van der Waals surface area contributed by atoms with Crippen molar-refractivity contribution in [1.82, 2.24) is 15.3 Å². The quantitative estimate of drug-likeness (QED) is 0.872. The molecule has 0 radical (unpaired) electrons. The summed E-state index contributed by atoms with van der Waals surface area (Å²) in [5.74, 6) is 0.840. The van der Waals surface area contributed by atoms with Gasteiger partial charge in [0.25, 0.3) is 0 Å². The summed E-state index contributed by atoms with van der Waals surface area (Å²) in [4.78, 5) is 8.83. The topological polar surface area (TPSA) is 37.8 Å². The Bertz CT molecular complexity index is 494. The van der Waals surface area contributed by atoms with Crippen LogP contribution >= 0.6 is 0 Å². The van der Waals surface area contributed by atoms with Crippen LogP contribution in [0.1, 0.15) is 18.3 Å². The summed E-state index contributed by atoms with van der Waals surface area (Å²) < 4.78 is 0. The van der Waals surface area contributed by atoms with Gasteiger partial charge in [-0.3, -0.25) is 0 Å². The maximum atomic E-state index is 4.57. The lowest BCUT2D eigenvalue weighted by molar-refractivity contribution is 0.691. The van der Waals surface area contributed by atoms with E-state index < -0.39 is 0 Å². The summed E-state index contributed by atoms with van der Waals surface area (Å²) in [6, 6.07) is 10.2. The lowest BCUT2D eigenvalue weighted by Gasteiger charge is -2.06. The first kappa shape index (κ1) is 11.7. The minimum Gasteiger partial charge on any atom is -0.310 e. The molecule has 1 aromatic heterocycles. The third-order valence-electron chi connectivity index (χ3n) is 2.66. The number of benzene rings is 1. The van der Waals surface area contributed by atoms with Gasteiger partial charge >= 0.3 is 0 Å². The highest BCUT2D eigenvalue weighted by atomic mass is 15.0. The first-order valence-corrected chi connectivity index (χ1v) is 5.90. The molecule has 3 nitrogen and oxygen atoms in total. The molecule has 17 heavy (non-hydrogen) atoms. The van der Waals surface area contributed by atoms with Gasteiger partial charge in [0.2, 0.25) is 0 Å². The van der Waals surface area contributed by atoms with Gasteiger partial charge in [0.05, 0.1) is 12.2 Å². The molecule has 0 atom stereocenters. The van der Waals surface area contributed by atoms with Crippen LogP contribution in [0.4, 0.5) is 0 Å². The molecule has 0 bridgehead atoms. The fourth-order valence-corrected chi connectivity index (χ4v) is 1.73. The molecule has 0 aliphatic carbocycles. The fraction of sp³-hybridized carbons (Fsp3) is 0.286. The number of nitrogens with zero attached hydrogens (tertiary/aromatic N) is 2. The van der Waals surface area contributed by atoms with Crippen LogP contribution in [0.25, 0.3) is 11.3 Å². The fourth-order valence-electron chi connectivity index (χ4n) is 1.73. The second-order valence-electron chi connectivity index (χ2n) is 3.95. The van der Waals surface area contributed by atoms with Gasteiger partial charge in [0.1, 0.15) is 5.82 Å². The van der Waals surface area contributed by atoms with Gasteiger partial charge in [0, 0.05) is 11.8 Å². The third kappa shape index (κ3) is 2.88. The number of rotatable bonds is 4. The Balaban J connectivity index is 2.30. The molecule has 88 valence electrons. The SMILES string of the molecule is CCNCc1nccc(-c2ccccc2C)n1. The minimum atomic E-state index is 0.718. The summed E-state index contributed by atoms with van der Waals surface area (Å²) in [5.41, 5.74) is 3.40. The Labute approximate surface area is 102 Å². The Morgan fingerprint density at radius 1 is 1.18 bits per heavy atom. The van der Waals surface area contributed by atoms with E-state index in [0.717, 1.165) is 24.6 Å². The van der Waals surface area contributed by atoms with Gasteiger partial charge in [0.15, 0.2) is 0 Å². The highest BCUT2D eigenvalue weighted by molar-refractivity contribution is 5.62. The summed E-state index contributed by atoms with van der Waals surface area (Å²) in [6.45, 7) is 5.82. The summed E-state index contributed by atoms with van der Waals surface area (Å²) in [5, 5.41) is 3.23. The van der Waals surface area contributed by atoms with Gasteiger partial charge < -0.3 is 5.32 Å². The number of hydrogen-bond acceptors (Lipinski definition) is 3. The van der Waals surface area contributed by atoms with Crippen molar-refractivity contribution in [2.75, 3.05) is 6.54 Å². The van der Waals surface area contributed by atoms with Crippen molar-refractivity contribution in [1.29, 1.82) is 0 Å². The maximum Gasteiger partial charge on any atom is 0.142 e. The Morgan fingerprint density at radius 2 is 2.00 bits per heavy atom. The summed E-state index contributed by atoms with van der Waals surface area (Å²) in [6.07, 6.45) is 1.82. The van der Waals surface area contributed by atoms with E-state index in [2.05, 4.69) is 41.3 Å². The molecule has 3 heteroatoms. The molecule has 0 amide bonds. The molecule has 1 heterocycles. The predicted molar refractivity (Wildman–Crippen MR) is 69.6 cm³/mol. The van der Waals surface area contributed by atoms with Crippen molar-refractivity contribution in [2.45, 2.75) is 20.4 Å². The standard InChI is InChI=1S/C14H17N3/c1-3-15-10-14-16-9-8-13(17-14)12-7-5-4-6-11(12)2/h4-9,15H,3,10H2,1-2H3. The molecule has 2 aromatic rings. The summed E-state index contributed by atoms with van der Waals surface area (Å²) in [7, 11) is 0. The van der Waals surface area contributed by atoms with Crippen LogP contribution in [-0.4, -0.2) is 16.5 Å². The number of aryl methyl sites for hydroxylation is 1. The van der Waals surface area contributed by atoms with Crippen LogP contribution in [0.3, 0.4) is 0 Å². The zero-order valence-electron chi connectivity index (χ0n) is 10.3. The van der Waals surface area contributed by atoms with E-state index in [4.69, 9.17) is 0 Å². The molecular weight excluding hydrogens is 210 g/mol. The molecule has 0 aliphatic rings. The van der Waals surface area contributed by atoms with Crippen LogP contribution < -0.4 is 5.32 Å². The second-order valence-corrected chi connectivity index (χ2v) is 3.95. The summed E-state index contributed by atoms with van der Waals surface area (Å²) >= 11 is 0. The van der Waals surface area contributed by atoms with Crippen molar-refractivity contribution < 1.29 is 0 Å². The molecule has 0 saturated heterocycles. The lowest BCUT2D eigenvalue weighted by Crippen LogP contribution is -2.14. The van der Waals surface area contributed by atoms with E-state index in [-0.39, 0.29) is 0 Å². The normalized spacial score (nSPS) is 10.5. The molecule has 1 N–H and O–H groups in total. The molecule has 0 aliphatic heterocycles. The zero-order chi connectivity index (χ0) is 12.1. The largest absolute Gasteiger partial charge is 0.310 e. The molecule has 0 fully saturated rings. The Kier molecular flexibility index (Phi) is 3.83. The first-order valence-electron chi connectivity index (χ1n) is 5.90. The van der Waals surface area contributed by atoms with Gasteiger partial charge in [-0.05, 0) is 25.1 Å². The van der Waals surface area contributed by atoms with E-state index in [9.17, 15) is 0 Å². The van der Waals surface area contributed by atoms with E-state index >= 15 is 0 Å². The van der Waals surface area contributed by atoms with Gasteiger partial charge in [-0.15, -0.1) is 0 Å². The van der Waals surface area contributed by atoms with Gasteiger partial charge in [-0.25, -0.2) is 9.97 Å². The Morgan fingerprint density at radius 3 is 2.76 bits per heavy atom. The minimum absolute atomic E-state index is 0.718. The van der Waals surface area contributed by atoms with Crippen molar-refractivity contribution in [3.05, 3.63) is 47.9 Å². The van der Waals surface area contributed by atoms with Crippen molar-refractivity contribution in [2.24, 2.45) is 0 Å². The van der Waals surface area contributed by atoms with Crippen LogP contribution in [0, 0.1) is 6.92 Å². The lowest BCUT2D eigenvalue weighted by atomic mass is 10.1. The smallest absolute Gasteiger partial charge is 0.142 e. The first-order chi connectivity index (χ1) is 8.31. The highest BCUT2D eigenvalue weighted by Gasteiger charge is 2.03. The molecule has 0 saturated carbocycles. The molecule has 2 rings (SSSR count). The van der Waals surface area contributed by atoms with Crippen LogP contribution in [0.15, 0.2) is 36.5 Å². The number of hydrogen-bond donors (Lipinski definition) is 1. The Hall–Kier alpha value is -1.74. The van der Waals surface area contributed by atoms with Crippen molar-refractivity contribution in [3.63, 3.8) is 0 Å². The second kappa shape index (κ2) is 5.55. The number of nitrogens with one attached hydrogen (secondary N) is 1. The highest BCUT2D eigenvalue weighted by Crippen LogP contribution is 2.20. The van der Waals surface area contributed by atoms with E-state index in [1.807, 2.05) is 24.4 Å². The van der Waals surface area contributed by atoms with Crippen molar-refractivity contribution in [3.8, 4) is 11.3 Å². The van der Waals surface area contributed by atoms with Crippen LogP contribution in [0.5, 0.6) is 0 Å². The predicted octanol–water partition coefficient (Wildman–Crippen LogP) is 2.56. The number of aromatic nitrogens is 2.